The maximum Gasteiger partial charge on any atom is 0.287 e. The van der Waals surface area contributed by atoms with E-state index in [0.717, 1.165) is 5.39 Å². The van der Waals surface area contributed by atoms with Crippen LogP contribution in [0.5, 0.6) is 0 Å². The first kappa shape index (κ1) is 21.1. The van der Waals surface area contributed by atoms with E-state index in [1.54, 1.807) is 24.3 Å². The van der Waals surface area contributed by atoms with Crippen LogP contribution < -0.4 is 10.9 Å². The highest BCUT2D eigenvalue weighted by Gasteiger charge is 2.14. The largest absolute Gasteiger partial charge is 0.451 e. The molecule has 0 saturated heterocycles. The third-order valence-electron chi connectivity index (χ3n) is 5.36. The van der Waals surface area contributed by atoms with E-state index in [2.05, 4.69) is 15.4 Å². The summed E-state index contributed by atoms with van der Waals surface area (Å²) in [4.78, 5) is 40.1. The third-order valence-corrected chi connectivity index (χ3v) is 5.36. The Kier molecular flexibility index (Phi) is 5.34. The van der Waals surface area contributed by atoms with Gasteiger partial charge in [-0.2, -0.15) is 5.10 Å². The van der Waals surface area contributed by atoms with Gasteiger partial charge < -0.3 is 9.73 Å². The molecule has 34 heavy (non-hydrogen) atoms. The molecule has 1 amide bonds. The number of nitro benzene ring substituents is 1. The summed E-state index contributed by atoms with van der Waals surface area (Å²) in [6, 6.07) is 15.1. The number of benzene rings is 2. The average molecular weight is 458 g/mol. The van der Waals surface area contributed by atoms with E-state index in [-0.39, 0.29) is 36.0 Å². The van der Waals surface area contributed by atoms with Crippen molar-refractivity contribution in [1.29, 1.82) is 0 Å². The number of carbonyl (C=O) groups is 1. The van der Waals surface area contributed by atoms with Gasteiger partial charge in [-0.3, -0.25) is 24.3 Å². The molecule has 1 N–H and O–H groups in total. The van der Waals surface area contributed by atoms with Gasteiger partial charge in [-0.1, -0.05) is 30.3 Å². The number of nitrogens with one attached hydrogen (secondary N) is 1. The minimum atomic E-state index is -0.481. The second-order valence-corrected chi connectivity index (χ2v) is 7.61. The van der Waals surface area contributed by atoms with Crippen molar-refractivity contribution in [3.63, 3.8) is 0 Å². The van der Waals surface area contributed by atoms with E-state index < -0.39 is 4.92 Å². The molecule has 2 aromatic carbocycles. The van der Waals surface area contributed by atoms with Gasteiger partial charge in [0.05, 0.1) is 24.2 Å². The van der Waals surface area contributed by atoms with Gasteiger partial charge >= 0.3 is 0 Å². The summed E-state index contributed by atoms with van der Waals surface area (Å²) < 4.78 is 8.46. The average Bonchev–Trinajstić information content (AvgIpc) is 3.46. The zero-order chi connectivity index (χ0) is 23.7. The lowest BCUT2D eigenvalue weighted by Crippen LogP contribution is -2.27. The number of fused-ring (bicyclic) bond motifs is 2. The van der Waals surface area contributed by atoms with Crippen molar-refractivity contribution in [2.45, 2.75) is 13.1 Å². The molecule has 170 valence electrons. The molecule has 3 aromatic heterocycles. The number of nitrogens with zero attached hydrogens (tertiary/aromatic N) is 5. The monoisotopic (exact) mass is 458 g/mol. The first-order chi connectivity index (χ1) is 16.5. The molecule has 0 bridgehead atoms. The van der Waals surface area contributed by atoms with E-state index in [9.17, 15) is 19.7 Å². The summed E-state index contributed by atoms with van der Waals surface area (Å²) in [6.07, 6.45) is 2.81. The van der Waals surface area contributed by atoms with Crippen LogP contribution in [0.15, 0.2) is 76.3 Å². The quantitative estimate of drug-likeness (QED) is 0.292. The van der Waals surface area contributed by atoms with Gasteiger partial charge in [0.2, 0.25) is 0 Å². The minimum Gasteiger partial charge on any atom is -0.451 e. The number of hydrogen-bond acceptors (Lipinski definition) is 7. The zero-order valence-electron chi connectivity index (χ0n) is 17.7. The second kappa shape index (κ2) is 8.62. The molecular weight excluding hydrogens is 440 g/mol. The molecule has 0 aliphatic carbocycles. The summed E-state index contributed by atoms with van der Waals surface area (Å²) in [5.41, 5.74) is 1.28. The van der Waals surface area contributed by atoms with Gasteiger partial charge in [0.15, 0.2) is 11.4 Å². The van der Waals surface area contributed by atoms with Gasteiger partial charge in [0, 0.05) is 24.1 Å². The van der Waals surface area contributed by atoms with Crippen LogP contribution >= 0.6 is 0 Å². The summed E-state index contributed by atoms with van der Waals surface area (Å²) in [6.45, 7) is 0.699. The van der Waals surface area contributed by atoms with Crippen molar-refractivity contribution in [3.8, 4) is 0 Å². The molecule has 0 fully saturated rings. The molecule has 3 heterocycles. The first-order valence-corrected chi connectivity index (χ1v) is 10.4. The Morgan fingerprint density at radius 2 is 2.00 bits per heavy atom. The van der Waals surface area contributed by atoms with Gasteiger partial charge in [-0.25, -0.2) is 9.67 Å². The number of nitro groups is 1. The first-order valence-electron chi connectivity index (χ1n) is 10.4. The van der Waals surface area contributed by atoms with E-state index in [1.807, 2.05) is 18.2 Å². The molecule has 11 nitrogen and oxygen atoms in total. The number of amides is 1. The fourth-order valence-electron chi connectivity index (χ4n) is 3.70. The molecule has 5 rings (SSSR count). The molecule has 0 atom stereocenters. The Labute approximate surface area is 191 Å². The van der Waals surface area contributed by atoms with Crippen molar-refractivity contribution in [1.82, 2.24) is 24.6 Å². The number of carbonyl (C=O) groups excluding carboxylic acids is 1. The molecule has 0 saturated carbocycles. The Bertz CT molecular complexity index is 1570. The lowest BCUT2D eigenvalue weighted by atomic mass is 10.2. The standard InChI is InChI=1S/C23H18N6O5/c30-22(20-11-16-5-1-2-7-19(16)34-20)24-8-9-28-21-18(12-26-28)23(31)27(14-25-21)13-15-4-3-6-17(10-15)29(32)33/h1-7,10-12,14H,8-9,13H2,(H,24,30). The van der Waals surface area contributed by atoms with E-state index >= 15 is 0 Å². The van der Waals surface area contributed by atoms with Crippen molar-refractivity contribution < 1.29 is 14.1 Å². The summed E-state index contributed by atoms with van der Waals surface area (Å²) in [5, 5.41) is 19.1. The second-order valence-electron chi connectivity index (χ2n) is 7.61. The Balaban J connectivity index is 1.28. The zero-order valence-corrected chi connectivity index (χ0v) is 17.7. The fraction of sp³-hybridized carbons (Fsp3) is 0.130. The van der Waals surface area contributed by atoms with Crippen molar-refractivity contribution in [2.75, 3.05) is 6.54 Å². The van der Waals surface area contributed by atoms with Crippen LogP contribution in [-0.2, 0) is 13.1 Å². The van der Waals surface area contributed by atoms with Crippen LogP contribution in [0.25, 0.3) is 22.0 Å². The van der Waals surface area contributed by atoms with Crippen molar-refractivity contribution >= 4 is 33.6 Å². The van der Waals surface area contributed by atoms with Crippen LogP contribution in [0.1, 0.15) is 16.1 Å². The van der Waals surface area contributed by atoms with Crippen LogP contribution in [0, 0.1) is 10.1 Å². The highest BCUT2D eigenvalue weighted by molar-refractivity contribution is 5.96. The van der Waals surface area contributed by atoms with Gasteiger partial charge in [0.1, 0.15) is 17.3 Å². The minimum absolute atomic E-state index is 0.0444. The van der Waals surface area contributed by atoms with Gasteiger partial charge in [0.25, 0.3) is 17.2 Å². The summed E-state index contributed by atoms with van der Waals surface area (Å²) >= 11 is 0. The molecule has 0 aliphatic rings. The maximum atomic E-state index is 12.9. The molecule has 0 unspecified atom stereocenters. The summed E-state index contributed by atoms with van der Waals surface area (Å²) in [5.74, 6) is -0.131. The normalized spacial score (nSPS) is 11.2. The highest BCUT2D eigenvalue weighted by atomic mass is 16.6. The van der Waals surface area contributed by atoms with E-state index in [0.29, 0.717) is 28.7 Å². The van der Waals surface area contributed by atoms with Crippen LogP contribution in [0.4, 0.5) is 5.69 Å². The van der Waals surface area contributed by atoms with Crippen molar-refractivity contribution in [3.05, 3.63) is 98.9 Å². The number of rotatable bonds is 7. The van der Waals surface area contributed by atoms with Crippen molar-refractivity contribution in [2.24, 2.45) is 0 Å². The molecule has 0 spiro atoms. The van der Waals surface area contributed by atoms with Gasteiger partial charge in [-0.05, 0) is 17.7 Å². The number of aromatic nitrogens is 4. The van der Waals surface area contributed by atoms with Gasteiger partial charge in [-0.15, -0.1) is 0 Å². The molecule has 5 aromatic rings. The van der Waals surface area contributed by atoms with E-state index in [4.69, 9.17) is 4.42 Å². The SMILES string of the molecule is O=C(NCCn1ncc2c(=O)n(Cc3cccc([N+](=O)[O-])c3)cnc21)c1cc2ccccc2o1. The highest BCUT2D eigenvalue weighted by Crippen LogP contribution is 2.18. The fourth-order valence-corrected chi connectivity index (χ4v) is 3.70. The molecule has 11 heteroatoms. The molecule has 0 aliphatic heterocycles. The lowest BCUT2D eigenvalue weighted by molar-refractivity contribution is -0.384. The predicted octanol–water partition coefficient (Wildman–Crippen LogP) is 2.73. The number of para-hydroxylation sites is 1. The number of furan rings is 1. The molecule has 0 radical (unpaired) electrons. The van der Waals surface area contributed by atoms with E-state index in [1.165, 1.54) is 33.9 Å². The van der Waals surface area contributed by atoms with Crippen LogP contribution in [0.2, 0.25) is 0 Å². The Morgan fingerprint density at radius 3 is 2.82 bits per heavy atom. The number of non-ortho nitro benzene ring substituents is 1. The summed E-state index contributed by atoms with van der Waals surface area (Å²) in [7, 11) is 0. The lowest BCUT2D eigenvalue weighted by Gasteiger charge is -2.07. The smallest absolute Gasteiger partial charge is 0.287 e. The Hall–Kier alpha value is -4.80. The van der Waals surface area contributed by atoms with Crippen LogP contribution in [0.3, 0.4) is 0 Å². The Morgan fingerprint density at radius 1 is 1.15 bits per heavy atom. The third kappa shape index (κ3) is 4.01. The molecular formula is C23H18N6O5. The number of hydrogen-bond donors (Lipinski definition) is 1. The van der Waals surface area contributed by atoms with Crippen LogP contribution in [-0.4, -0.2) is 36.7 Å². The maximum absolute atomic E-state index is 12.9. The topological polar surface area (TPSA) is 138 Å². The predicted molar refractivity (Wildman–Crippen MR) is 123 cm³/mol.